The molecule has 15 nitrogen and oxygen atoms in total. The summed E-state index contributed by atoms with van der Waals surface area (Å²) >= 11 is 12.8. The molecule has 1 saturated heterocycles. The van der Waals surface area contributed by atoms with Crippen molar-refractivity contribution in [2.75, 3.05) is 38.4 Å². The molecule has 282 valence electrons. The van der Waals surface area contributed by atoms with Gasteiger partial charge in [-0.1, -0.05) is 23.2 Å². The number of imidazole rings is 1. The van der Waals surface area contributed by atoms with Crippen LogP contribution in [0.15, 0.2) is 30.6 Å². The van der Waals surface area contributed by atoms with Gasteiger partial charge in [0.15, 0.2) is 52.0 Å². The molecular weight excluding hydrogens is 736 g/mol. The first-order valence-electron chi connectivity index (χ1n) is 16.0. The Morgan fingerprint density at radius 3 is 2.46 bits per heavy atom. The van der Waals surface area contributed by atoms with Crippen molar-refractivity contribution in [3.8, 4) is 17.2 Å². The van der Waals surface area contributed by atoms with E-state index in [1.54, 1.807) is 10.8 Å². The highest BCUT2D eigenvalue weighted by Crippen LogP contribution is 2.31. The quantitative estimate of drug-likeness (QED) is 0.139. The molecule has 20 heteroatoms. The van der Waals surface area contributed by atoms with Gasteiger partial charge < -0.3 is 46.0 Å². The summed E-state index contributed by atoms with van der Waals surface area (Å²) in [6.45, 7) is 5.94. The Morgan fingerprint density at radius 1 is 1.13 bits per heavy atom. The summed E-state index contributed by atoms with van der Waals surface area (Å²) < 4.78 is 54.6. The van der Waals surface area contributed by atoms with E-state index in [1.165, 1.54) is 19.4 Å². The standard InChI is InChI=1S/C30H36Cl2N8O5.C2HF3O2/c1-3-39-22-12-21(31)24(45-8-4-7-38-16-19(41)11-20(17-38)43-2)13-23(22)40(15-18-5-9-44-10-6-18)25(39)14-35-30(42)26-28(33)37-29(34)27(32)36-26;3-2(4,5)1(6)7/h11-13,16-18H,3-10,14-15H2,1-2H3,(H4-2,33,34,35,37,41,42);(H,6,7). The number of rotatable bonds is 12. The number of carboxylic acid groups (broad SMARTS) is 1. The van der Waals surface area contributed by atoms with Gasteiger partial charge in [0.25, 0.3) is 11.7 Å². The molecule has 0 unspecified atom stereocenters. The number of anilines is 2. The van der Waals surface area contributed by atoms with Crippen LogP contribution in [0.5, 0.6) is 17.2 Å². The molecule has 1 aromatic carbocycles. The Morgan fingerprint density at radius 2 is 1.83 bits per heavy atom. The van der Waals surface area contributed by atoms with Crippen LogP contribution in [0.2, 0.25) is 10.2 Å². The molecule has 0 saturated carbocycles. The first kappa shape index (κ1) is 40.0. The number of halogens is 5. The van der Waals surface area contributed by atoms with E-state index in [2.05, 4.69) is 24.4 Å². The van der Waals surface area contributed by atoms with E-state index < -0.39 is 18.1 Å². The van der Waals surface area contributed by atoms with Gasteiger partial charge in [0, 0.05) is 37.7 Å². The summed E-state index contributed by atoms with van der Waals surface area (Å²) in [5, 5.41) is 24.0. The maximum absolute atomic E-state index is 13.1. The van der Waals surface area contributed by atoms with E-state index in [0.717, 1.165) is 36.2 Å². The average Bonchev–Trinajstić information content (AvgIpc) is 3.37. The molecule has 1 aliphatic rings. The fourth-order valence-corrected chi connectivity index (χ4v) is 5.87. The fourth-order valence-electron chi connectivity index (χ4n) is 5.53. The number of nitrogens with zero attached hydrogens (tertiary/aromatic N) is 5. The third-order valence-corrected chi connectivity index (χ3v) is 8.59. The van der Waals surface area contributed by atoms with Crippen molar-refractivity contribution in [3.05, 3.63) is 52.3 Å². The van der Waals surface area contributed by atoms with Gasteiger partial charge in [0.05, 0.1) is 31.8 Å². The summed E-state index contributed by atoms with van der Waals surface area (Å²) in [4.78, 5) is 29.9. The fraction of sp³-hybridized carbons (Fsp3) is 0.438. The third-order valence-electron chi connectivity index (χ3n) is 8.01. The number of hydrogen-bond donors (Lipinski definition) is 3. The maximum Gasteiger partial charge on any atom is 0.430 e. The van der Waals surface area contributed by atoms with Crippen molar-refractivity contribution >= 4 is 57.7 Å². The number of hydrogen-bond acceptors (Lipinski definition) is 11. The molecule has 0 radical (unpaired) electrons. The lowest BCUT2D eigenvalue weighted by atomic mass is 10.0. The van der Waals surface area contributed by atoms with Crippen LogP contribution in [-0.2, 0) is 35.7 Å². The van der Waals surface area contributed by atoms with Crippen LogP contribution in [0.4, 0.5) is 24.8 Å². The lowest BCUT2D eigenvalue weighted by Gasteiger charge is -2.21. The van der Waals surface area contributed by atoms with Crippen molar-refractivity contribution in [3.63, 3.8) is 0 Å². The third kappa shape index (κ3) is 10.2. The smallest absolute Gasteiger partial charge is 0.430 e. The number of alkyl halides is 3. The van der Waals surface area contributed by atoms with E-state index in [1.807, 2.05) is 19.1 Å². The summed E-state index contributed by atoms with van der Waals surface area (Å²) in [5.41, 5.74) is 13.3. The highest BCUT2D eigenvalue weighted by molar-refractivity contribution is 6.32. The molecule has 5 rings (SSSR count). The first-order chi connectivity index (χ1) is 24.6. The summed E-state index contributed by atoms with van der Waals surface area (Å²) in [5.74, 6) is -1.49. The number of nitrogen functional groups attached to an aromatic ring is 2. The minimum atomic E-state index is -5.19. The molecule has 0 bridgehead atoms. The monoisotopic (exact) mass is 772 g/mol. The van der Waals surface area contributed by atoms with Crippen LogP contribution in [0.1, 0.15) is 42.5 Å². The summed E-state index contributed by atoms with van der Waals surface area (Å²) in [6.07, 6.45) is 0.602. The van der Waals surface area contributed by atoms with E-state index >= 15 is 0 Å². The Labute approximate surface area is 305 Å². The van der Waals surface area contributed by atoms with Crippen molar-refractivity contribution < 1.29 is 56.3 Å². The van der Waals surface area contributed by atoms with Crippen LogP contribution in [-0.4, -0.2) is 59.5 Å². The number of aromatic nitrogens is 5. The minimum absolute atomic E-state index is 0.0447. The first-order valence-corrected chi connectivity index (χ1v) is 16.7. The molecule has 1 fully saturated rings. The summed E-state index contributed by atoms with van der Waals surface area (Å²) in [6, 6.07) is 5.29. The molecule has 3 aromatic heterocycles. The number of pyridine rings is 1. The van der Waals surface area contributed by atoms with Crippen molar-refractivity contribution in [2.24, 2.45) is 5.92 Å². The molecule has 5 N–H and O–H groups in total. The highest BCUT2D eigenvalue weighted by Gasteiger charge is 2.30. The van der Waals surface area contributed by atoms with Gasteiger partial charge in [0.1, 0.15) is 18.3 Å². The largest absolute Gasteiger partial charge is 0.868 e. The van der Waals surface area contributed by atoms with Gasteiger partial charge in [-0.3, -0.25) is 4.79 Å². The van der Waals surface area contributed by atoms with Gasteiger partial charge in [-0.05, 0) is 31.6 Å². The van der Waals surface area contributed by atoms with E-state index in [9.17, 15) is 23.1 Å². The molecule has 1 aliphatic heterocycles. The maximum atomic E-state index is 13.1. The van der Waals surface area contributed by atoms with Gasteiger partial charge in [0.2, 0.25) is 6.20 Å². The zero-order chi connectivity index (χ0) is 38.2. The number of fused-ring (bicyclic) bond motifs is 1. The Bertz CT molecular complexity index is 1910. The normalized spacial score (nSPS) is 13.4. The topological polar surface area (TPSA) is 210 Å². The number of benzene rings is 1. The number of aryl methyl sites for hydroxylation is 2. The second-order valence-corrected chi connectivity index (χ2v) is 12.3. The Balaban J connectivity index is 0.000000785. The van der Waals surface area contributed by atoms with Gasteiger partial charge in [-0.15, -0.1) is 0 Å². The van der Waals surface area contributed by atoms with Crippen LogP contribution in [0, 0.1) is 5.92 Å². The van der Waals surface area contributed by atoms with Crippen LogP contribution in [0.25, 0.3) is 11.0 Å². The van der Waals surface area contributed by atoms with Gasteiger partial charge in [-0.25, -0.2) is 23.7 Å². The Kier molecular flexibility index (Phi) is 13.5. The van der Waals surface area contributed by atoms with E-state index in [0.29, 0.717) is 61.8 Å². The number of aliphatic carboxylic acids is 1. The number of nitrogens with two attached hydrogens (primary N) is 2. The lowest BCUT2D eigenvalue weighted by Crippen LogP contribution is -2.44. The van der Waals surface area contributed by atoms with E-state index in [-0.39, 0.29) is 34.8 Å². The number of carbonyl (C=O) groups excluding carboxylic acids is 2. The highest BCUT2D eigenvalue weighted by atomic mass is 35.5. The number of methoxy groups -OCH3 is 1. The molecule has 4 aromatic rings. The van der Waals surface area contributed by atoms with Crippen LogP contribution < -0.4 is 45.6 Å². The zero-order valence-electron chi connectivity index (χ0n) is 28.2. The molecule has 0 aliphatic carbocycles. The molecule has 0 atom stereocenters. The SMILES string of the molecule is CCn1c(CNC(=O)c2nc(Cl)c(N)nc2N)[n+](CC2CCOCC2)c2cc(OCCC[n+]3cc([O-])cc(OC)c3)c(Cl)cc21.O=C([O-])C(F)(F)F. The average molecular weight is 774 g/mol. The minimum Gasteiger partial charge on any atom is -0.868 e. The number of nitrogens with one attached hydrogen (secondary N) is 1. The number of ether oxygens (including phenoxy) is 3. The Hall–Kier alpha value is -4.81. The molecule has 1 amide bonds. The lowest BCUT2D eigenvalue weighted by molar-refractivity contribution is -0.699. The molecule has 52 heavy (non-hydrogen) atoms. The predicted molar refractivity (Wildman–Crippen MR) is 177 cm³/mol. The summed E-state index contributed by atoms with van der Waals surface area (Å²) in [7, 11) is 1.53. The predicted octanol–water partition coefficient (Wildman–Crippen LogP) is 1.70. The zero-order valence-corrected chi connectivity index (χ0v) is 29.7. The second-order valence-electron chi connectivity index (χ2n) is 11.6. The van der Waals surface area contributed by atoms with Gasteiger partial charge in [-0.2, -0.15) is 13.2 Å². The van der Waals surface area contributed by atoms with Crippen molar-refractivity contribution in [1.29, 1.82) is 0 Å². The molecule has 0 spiro atoms. The van der Waals surface area contributed by atoms with Crippen molar-refractivity contribution in [1.82, 2.24) is 19.9 Å². The van der Waals surface area contributed by atoms with Gasteiger partial charge >= 0.3 is 6.18 Å². The number of carbonyl (C=O) groups is 2. The van der Waals surface area contributed by atoms with Crippen LogP contribution >= 0.6 is 23.2 Å². The second kappa shape index (κ2) is 17.6. The molecular formula is C32H37Cl2F3N8O7. The molecule has 4 heterocycles. The number of carboxylic acids is 1. The van der Waals surface area contributed by atoms with E-state index in [4.69, 9.17) is 58.8 Å². The van der Waals surface area contributed by atoms with Crippen molar-refractivity contribution in [2.45, 2.75) is 58.5 Å². The van der Waals surface area contributed by atoms with Crippen LogP contribution in [0.3, 0.4) is 0 Å². The number of amides is 1.